The van der Waals surface area contributed by atoms with E-state index in [0.29, 0.717) is 0 Å². The molecule has 1 heterocycles. The molecule has 0 aliphatic rings. The van der Waals surface area contributed by atoms with Gasteiger partial charge in [-0.15, -0.1) is 0 Å². The van der Waals surface area contributed by atoms with Crippen molar-refractivity contribution in [3.05, 3.63) is 24.5 Å². The van der Waals surface area contributed by atoms with E-state index in [1.807, 2.05) is 19.1 Å². The number of aryl methyl sites for hydroxylation is 1. The van der Waals surface area contributed by atoms with Crippen molar-refractivity contribution in [2.24, 2.45) is 0 Å². The summed E-state index contributed by atoms with van der Waals surface area (Å²) in [6.45, 7) is 2.91. The van der Waals surface area contributed by atoms with Gasteiger partial charge in [-0.3, -0.25) is 0 Å². The van der Waals surface area contributed by atoms with Gasteiger partial charge in [-0.25, -0.2) is 0 Å². The molecule has 12 heavy (non-hydrogen) atoms. The molecule has 1 aromatic rings. The molecule has 0 saturated heterocycles. The molecule has 68 valence electrons. The van der Waals surface area contributed by atoms with Crippen molar-refractivity contribution in [2.45, 2.75) is 38.8 Å². The lowest BCUT2D eigenvalue weighted by atomic mass is 10.2. The van der Waals surface area contributed by atoms with Crippen molar-refractivity contribution in [3.63, 3.8) is 0 Å². The predicted molar refractivity (Wildman–Crippen MR) is 50.0 cm³/mol. The first-order chi connectivity index (χ1) is 5.79. The first-order valence-electron chi connectivity index (χ1n) is 4.58. The number of hydrogen-bond acceptors (Lipinski definition) is 1. The maximum atomic E-state index is 9.00. The van der Waals surface area contributed by atoms with Crippen molar-refractivity contribution in [1.82, 2.24) is 4.57 Å². The molecule has 2 nitrogen and oxygen atoms in total. The third-order valence-electron chi connectivity index (χ3n) is 1.95. The van der Waals surface area contributed by atoms with E-state index in [9.17, 15) is 0 Å². The molecule has 2 heteroatoms. The number of aromatic nitrogens is 1. The molecule has 1 N–H and O–H groups in total. The Bertz CT molecular complexity index is 192. The Balaban J connectivity index is 2.04. The molecule has 0 aliphatic heterocycles. The molecule has 1 aromatic heterocycles. The minimum atomic E-state index is -0.144. The van der Waals surface area contributed by atoms with Crippen LogP contribution in [0.15, 0.2) is 24.5 Å². The SMILES string of the molecule is C[C@H](O)CCCCn1cccc1. The van der Waals surface area contributed by atoms with Crippen LogP contribution in [0.2, 0.25) is 0 Å². The van der Waals surface area contributed by atoms with Gasteiger partial charge in [0.15, 0.2) is 0 Å². The van der Waals surface area contributed by atoms with E-state index < -0.39 is 0 Å². The summed E-state index contributed by atoms with van der Waals surface area (Å²) in [5.74, 6) is 0. The topological polar surface area (TPSA) is 25.2 Å². The van der Waals surface area contributed by atoms with E-state index in [-0.39, 0.29) is 6.10 Å². The molecule has 0 aromatic carbocycles. The van der Waals surface area contributed by atoms with Gasteiger partial charge in [0, 0.05) is 18.9 Å². The van der Waals surface area contributed by atoms with Crippen molar-refractivity contribution < 1.29 is 5.11 Å². The molecular weight excluding hydrogens is 150 g/mol. The number of aliphatic hydroxyl groups is 1. The quantitative estimate of drug-likeness (QED) is 0.667. The molecule has 0 bridgehead atoms. The number of hydrogen-bond donors (Lipinski definition) is 1. The number of rotatable bonds is 5. The highest BCUT2D eigenvalue weighted by atomic mass is 16.3. The third-order valence-corrected chi connectivity index (χ3v) is 1.95. The van der Waals surface area contributed by atoms with E-state index in [1.165, 1.54) is 0 Å². The van der Waals surface area contributed by atoms with E-state index in [0.717, 1.165) is 25.8 Å². The van der Waals surface area contributed by atoms with Gasteiger partial charge in [-0.1, -0.05) is 0 Å². The smallest absolute Gasteiger partial charge is 0.0512 e. The van der Waals surface area contributed by atoms with Gasteiger partial charge in [-0.2, -0.15) is 0 Å². The molecule has 0 fully saturated rings. The summed E-state index contributed by atoms with van der Waals surface area (Å²) in [5, 5.41) is 9.00. The van der Waals surface area contributed by atoms with Crippen LogP contribution in [0.3, 0.4) is 0 Å². The van der Waals surface area contributed by atoms with Gasteiger partial charge in [-0.05, 0) is 38.3 Å². The molecule has 0 amide bonds. The minimum Gasteiger partial charge on any atom is -0.393 e. The zero-order valence-corrected chi connectivity index (χ0v) is 7.61. The minimum absolute atomic E-state index is 0.144. The zero-order valence-electron chi connectivity index (χ0n) is 7.61. The Hall–Kier alpha value is -0.760. The summed E-state index contributed by atoms with van der Waals surface area (Å²) in [4.78, 5) is 0. The lowest BCUT2D eigenvalue weighted by Crippen LogP contribution is -2.00. The van der Waals surface area contributed by atoms with Crippen LogP contribution in [-0.4, -0.2) is 15.8 Å². The predicted octanol–water partition coefficient (Wildman–Crippen LogP) is 2.04. The Morgan fingerprint density at radius 3 is 2.50 bits per heavy atom. The van der Waals surface area contributed by atoms with Crippen molar-refractivity contribution >= 4 is 0 Å². The Kier molecular flexibility index (Phi) is 3.88. The Morgan fingerprint density at radius 1 is 1.25 bits per heavy atom. The standard InChI is InChI=1S/C10H17NO/c1-10(12)6-2-3-7-11-8-4-5-9-11/h4-5,8-10,12H,2-3,6-7H2,1H3/t10-/m0/s1. The van der Waals surface area contributed by atoms with Crippen LogP contribution < -0.4 is 0 Å². The van der Waals surface area contributed by atoms with Gasteiger partial charge in [0.05, 0.1) is 6.10 Å². The van der Waals surface area contributed by atoms with Crippen LogP contribution in [-0.2, 0) is 6.54 Å². The fourth-order valence-electron chi connectivity index (χ4n) is 1.25. The summed E-state index contributed by atoms with van der Waals surface area (Å²) >= 11 is 0. The molecular formula is C10H17NO. The van der Waals surface area contributed by atoms with Crippen LogP contribution in [0.25, 0.3) is 0 Å². The fourth-order valence-corrected chi connectivity index (χ4v) is 1.25. The lowest BCUT2D eigenvalue weighted by Gasteiger charge is -2.04. The average Bonchev–Trinajstić information content (AvgIpc) is 2.49. The first-order valence-corrected chi connectivity index (χ1v) is 4.58. The Morgan fingerprint density at radius 2 is 1.92 bits per heavy atom. The van der Waals surface area contributed by atoms with Gasteiger partial charge in [0.2, 0.25) is 0 Å². The highest BCUT2D eigenvalue weighted by Gasteiger charge is 1.95. The van der Waals surface area contributed by atoms with E-state index in [4.69, 9.17) is 5.11 Å². The van der Waals surface area contributed by atoms with Crippen LogP contribution in [0.5, 0.6) is 0 Å². The van der Waals surface area contributed by atoms with E-state index in [2.05, 4.69) is 17.0 Å². The average molecular weight is 167 g/mol. The number of aliphatic hydroxyl groups excluding tert-OH is 1. The molecule has 0 saturated carbocycles. The molecule has 0 spiro atoms. The van der Waals surface area contributed by atoms with Gasteiger partial charge in [0.25, 0.3) is 0 Å². The van der Waals surface area contributed by atoms with Crippen molar-refractivity contribution in [3.8, 4) is 0 Å². The largest absolute Gasteiger partial charge is 0.393 e. The fraction of sp³-hybridized carbons (Fsp3) is 0.600. The summed E-state index contributed by atoms with van der Waals surface area (Å²) < 4.78 is 2.17. The van der Waals surface area contributed by atoms with E-state index >= 15 is 0 Å². The second kappa shape index (κ2) is 4.99. The number of nitrogens with zero attached hydrogens (tertiary/aromatic N) is 1. The summed E-state index contributed by atoms with van der Waals surface area (Å²) in [6, 6.07) is 4.07. The molecule has 0 unspecified atom stereocenters. The maximum Gasteiger partial charge on any atom is 0.0512 e. The highest BCUT2D eigenvalue weighted by Crippen LogP contribution is 2.02. The van der Waals surface area contributed by atoms with Crippen LogP contribution in [0, 0.1) is 0 Å². The van der Waals surface area contributed by atoms with Crippen molar-refractivity contribution in [2.75, 3.05) is 0 Å². The van der Waals surface area contributed by atoms with Gasteiger partial charge >= 0.3 is 0 Å². The zero-order chi connectivity index (χ0) is 8.81. The normalized spacial score (nSPS) is 13.2. The molecule has 0 aliphatic carbocycles. The van der Waals surface area contributed by atoms with Crippen molar-refractivity contribution in [1.29, 1.82) is 0 Å². The Labute approximate surface area is 73.8 Å². The summed E-state index contributed by atoms with van der Waals surface area (Å²) in [7, 11) is 0. The van der Waals surface area contributed by atoms with Gasteiger partial charge < -0.3 is 9.67 Å². The van der Waals surface area contributed by atoms with Crippen LogP contribution in [0.4, 0.5) is 0 Å². The van der Waals surface area contributed by atoms with E-state index in [1.54, 1.807) is 0 Å². The van der Waals surface area contributed by atoms with Crippen LogP contribution in [0.1, 0.15) is 26.2 Å². The lowest BCUT2D eigenvalue weighted by molar-refractivity contribution is 0.180. The monoisotopic (exact) mass is 167 g/mol. The second-order valence-electron chi connectivity index (χ2n) is 3.27. The molecule has 1 rings (SSSR count). The summed E-state index contributed by atoms with van der Waals surface area (Å²) in [6.07, 6.45) is 7.18. The molecule has 0 radical (unpaired) electrons. The highest BCUT2D eigenvalue weighted by molar-refractivity contribution is 4.89. The summed E-state index contributed by atoms with van der Waals surface area (Å²) in [5.41, 5.74) is 0. The first kappa shape index (κ1) is 9.33. The third kappa shape index (κ3) is 3.58. The van der Waals surface area contributed by atoms with Crippen LogP contribution >= 0.6 is 0 Å². The van der Waals surface area contributed by atoms with Gasteiger partial charge in [0.1, 0.15) is 0 Å². The second-order valence-corrected chi connectivity index (χ2v) is 3.27. The molecule has 1 atom stereocenters. The number of unbranched alkanes of at least 4 members (excludes halogenated alkanes) is 1. The maximum absolute atomic E-state index is 9.00.